The minimum absolute atomic E-state index is 0.198. The maximum absolute atomic E-state index is 8.71. The van der Waals surface area contributed by atoms with Gasteiger partial charge in [0.2, 0.25) is 0 Å². The molecule has 0 fully saturated rings. The first-order valence-electron chi connectivity index (χ1n) is 3.41. The fourth-order valence-electron chi connectivity index (χ4n) is 1.06. The van der Waals surface area contributed by atoms with Crippen LogP contribution in [0.5, 0.6) is 0 Å². The van der Waals surface area contributed by atoms with E-state index in [1.54, 1.807) is 17.7 Å². The van der Waals surface area contributed by atoms with Crippen LogP contribution >= 0.6 is 11.3 Å². The molecule has 0 aliphatic heterocycles. The van der Waals surface area contributed by atoms with Crippen molar-refractivity contribution in [1.82, 2.24) is 9.38 Å². The highest BCUT2D eigenvalue weighted by Crippen LogP contribution is 2.15. The summed E-state index contributed by atoms with van der Waals surface area (Å²) in [5, 5.41) is 10.8. The van der Waals surface area contributed by atoms with Crippen LogP contribution < -0.4 is 0 Å². The summed E-state index contributed by atoms with van der Waals surface area (Å²) in [7, 11) is 0. The maximum atomic E-state index is 8.71. The molecule has 0 aliphatic carbocycles. The van der Waals surface area contributed by atoms with E-state index in [9.17, 15) is 0 Å². The van der Waals surface area contributed by atoms with E-state index < -0.39 is 0 Å². The van der Waals surface area contributed by atoms with Crippen LogP contribution in [0.1, 0.15) is 5.69 Å². The van der Waals surface area contributed by atoms with E-state index in [0.717, 1.165) is 10.5 Å². The molecule has 0 spiro atoms. The maximum Gasteiger partial charge on any atom is 0.119 e. The SMILES string of the molecule is OCCc1csc2cncn12. The van der Waals surface area contributed by atoms with Crippen molar-refractivity contribution in [1.29, 1.82) is 0 Å². The van der Waals surface area contributed by atoms with Gasteiger partial charge in [-0.1, -0.05) is 0 Å². The Morgan fingerprint density at radius 2 is 2.55 bits per heavy atom. The predicted octanol–water partition coefficient (Wildman–Crippen LogP) is 0.931. The van der Waals surface area contributed by atoms with Gasteiger partial charge in [0, 0.05) is 24.1 Å². The molecule has 0 bridgehead atoms. The molecule has 0 saturated heterocycles. The molecule has 0 unspecified atom stereocenters. The molecule has 0 aromatic carbocycles. The van der Waals surface area contributed by atoms with Crippen molar-refractivity contribution in [3.05, 3.63) is 23.6 Å². The van der Waals surface area contributed by atoms with Gasteiger partial charge in [0.25, 0.3) is 0 Å². The average molecular weight is 168 g/mol. The Kier molecular flexibility index (Phi) is 1.63. The zero-order chi connectivity index (χ0) is 7.68. The fraction of sp³-hybridized carbons (Fsp3) is 0.286. The van der Waals surface area contributed by atoms with Gasteiger partial charge in [0.1, 0.15) is 11.2 Å². The largest absolute Gasteiger partial charge is 0.396 e. The van der Waals surface area contributed by atoms with Crippen LogP contribution in [0.15, 0.2) is 17.9 Å². The summed E-state index contributed by atoms with van der Waals surface area (Å²) in [5.41, 5.74) is 1.13. The molecule has 0 aliphatic rings. The molecule has 3 nitrogen and oxygen atoms in total. The fourth-order valence-corrected chi connectivity index (χ4v) is 1.95. The summed E-state index contributed by atoms with van der Waals surface area (Å²) in [6.07, 6.45) is 4.30. The average Bonchev–Trinajstić information content (AvgIpc) is 2.53. The van der Waals surface area contributed by atoms with Crippen LogP contribution in [-0.2, 0) is 6.42 Å². The van der Waals surface area contributed by atoms with Gasteiger partial charge < -0.3 is 5.11 Å². The second kappa shape index (κ2) is 2.64. The number of hydrogen-bond acceptors (Lipinski definition) is 3. The van der Waals surface area contributed by atoms with Gasteiger partial charge in [-0.3, -0.25) is 4.40 Å². The van der Waals surface area contributed by atoms with Crippen molar-refractivity contribution in [3.63, 3.8) is 0 Å². The van der Waals surface area contributed by atoms with E-state index in [-0.39, 0.29) is 6.61 Å². The Morgan fingerprint density at radius 3 is 3.36 bits per heavy atom. The number of aromatic nitrogens is 2. The van der Waals surface area contributed by atoms with Gasteiger partial charge in [0.15, 0.2) is 0 Å². The third-order valence-electron chi connectivity index (χ3n) is 1.60. The van der Waals surface area contributed by atoms with Crippen molar-refractivity contribution in [2.24, 2.45) is 0 Å². The zero-order valence-corrected chi connectivity index (χ0v) is 6.71. The highest BCUT2D eigenvalue weighted by atomic mass is 32.1. The van der Waals surface area contributed by atoms with E-state index in [2.05, 4.69) is 4.98 Å². The number of thiazole rings is 1. The minimum Gasteiger partial charge on any atom is -0.396 e. The second-order valence-corrected chi connectivity index (χ2v) is 3.19. The molecule has 4 heteroatoms. The van der Waals surface area contributed by atoms with Crippen LogP contribution in [0, 0.1) is 0 Å². The molecule has 0 radical (unpaired) electrons. The summed E-state index contributed by atoms with van der Waals surface area (Å²) >= 11 is 1.65. The topological polar surface area (TPSA) is 37.5 Å². The highest BCUT2D eigenvalue weighted by Gasteiger charge is 2.01. The zero-order valence-electron chi connectivity index (χ0n) is 5.90. The summed E-state index contributed by atoms with van der Waals surface area (Å²) in [6.45, 7) is 0.198. The van der Waals surface area contributed by atoms with Crippen LogP contribution in [0.4, 0.5) is 0 Å². The molecule has 0 amide bonds. The number of nitrogens with zero attached hydrogens (tertiary/aromatic N) is 2. The number of imidazole rings is 1. The van der Waals surface area contributed by atoms with Crippen LogP contribution in [0.3, 0.4) is 0 Å². The first kappa shape index (κ1) is 6.82. The first-order valence-corrected chi connectivity index (χ1v) is 4.29. The van der Waals surface area contributed by atoms with Crippen LogP contribution in [0.25, 0.3) is 4.83 Å². The van der Waals surface area contributed by atoms with Gasteiger partial charge in [-0.15, -0.1) is 11.3 Å². The molecule has 0 atom stereocenters. The lowest BCUT2D eigenvalue weighted by Crippen LogP contribution is -1.93. The Labute approximate surface area is 67.9 Å². The quantitative estimate of drug-likeness (QED) is 0.724. The van der Waals surface area contributed by atoms with E-state index in [0.29, 0.717) is 6.42 Å². The molecule has 0 saturated carbocycles. The van der Waals surface area contributed by atoms with Gasteiger partial charge in [-0.2, -0.15) is 0 Å². The first-order chi connectivity index (χ1) is 5.42. The lowest BCUT2D eigenvalue weighted by molar-refractivity contribution is 0.298. The Balaban J connectivity index is 2.51. The highest BCUT2D eigenvalue weighted by molar-refractivity contribution is 7.15. The molecular weight excluding hydrogens is 160 g/mol. The summed E-state index contributed by atoms with van der Waals surface area (Å²) < 4.78 is 2.00. The molecular formula is C7H8N2OS. The van der Waals surface area contributed by atoms with Crippen molar-refractivity contribution in [3.8, 4) is 0 Å². The molecule has 2 aromatic rings. The predicted molar refractivity (Wildman–Crippen MR) is 43.9 cm³/mol. The van der Waals surface area contributed by atoms with Crippen LogP contribution in [0.2, 0.25) is 0 Å². The number of aliphatic hydroxyl groups excluding tert-OH is 1. The summed E-state index contributed by atoms with van der Waals surface area (Å²) in [5.74, 6) is 0. The third-order valence-corrected chi connectivity index (χ3v) is 2.53. The Morgan fingerprint density at radius 1 is 1.64 bits per heavy atom. The Bertz CT molecular complexity index is 352. The van der Waals surface area contributed by atoms with Gasteiger partial charge in [-0.05, 0) is 0 Å². The normalized spacial score (nSPS) is 11.0. The summed E-state index contributed by atoms with van der Waals surface area (Å²) in [4.78, 5) is 5.13. The third kappa shape index (κ3) is 1.04. The van der Waals surface area contributed by atoms with Crippen molar-refractivity contribution >= 4 is 16.2 Å². The lowest BCUT2D eigenvalue weighted by Gasteiger charge is -1.92. The lowest BCUT2D eigenvalue weighted by atomic mass is 10.4. The smallest absolute Gasteiger partial charge is 0.119 e. The van der Waals surface area contributed by atoms with Crippen molar-refractivity contribution in [2.75, 3.05) is 6.61 Å². The van der Waals surface area contributed by atoms with E-state index >= 15 is 0 Å². The molecule has 2 rings (SSSR count). The summed E-state index contributed by atoms with van der Waals surface area (Å²) in [6, 6.07) is 0. The number of hydrogen-bond donors (Lipinski definition) is 1. The standard InChI is InChI=1S/C7H8N2OS/c10-2-1-6-4-11-7-3-8-5-9(6)7/h3-5,10H,1-2H2. The van der Waals surface area contributed by atoms with Crippen molar-refractivity contribution in [2.45, 2.75) is 6.42 Å². The molecule has 11 heavy (non-hydrogen) atoms. The molecule has 2 aromatic heterocycles. The van der Waals surface area contributed by atoms with Gasteiger partial charge in [-0.25, -0.2) is 4.98 Å². The number of fused-ring (bicyclic) bond motifs is 1. The van der Waals surface area contributed by atoms with E-state index in [1.165, 1.54) is 0 Å². The van der Waals surface area contributed by atoms with E-state index in [1.807, 2.05) is 16.0 Å². The second-order valence-electron chi connectivity index (χ2n) is 2.30. The molecule has 1 N–H and O–H groups in total. The number of aliphatic hydroxyl groups is 1. The van der Waals surface area contributed by atoms with Gasteiger partial charge >= 0.3 is 0 Å². The monoisotopic (exact) mass is 168 g/mol. The van der Waals surface area contributed by atoms with Crippen LogP contribution in [-0.4, -0.2) is 21.1 Å². The molecule has 2 heterocycles. The minimum atomic E-state index is 0.198. The number of rotatable bonds is 2. The molecule has 58 valence electrons. The Hall–Kier alpha value is -0.870. The van der Waals surface area contributed by atoms with Crippen molar-refractivity contribution < 1.29 is 5.11 Å². The van der Waals surface area contributed by atoms with E-state index in [4.69, 9.17) is 5.11 Å². The van der Waals surface area contributed by atoms with Gasteiger partial charge in [0.05, 0.1) is 6.20 Å².